The molecule has 0 heterocycles. The smallest absolute Gasteiger partial charge is 0.414 e. The van der Waals surface area contributed by atoms with E-state index in [0.717, 1.165) is 32.1 Å². The quantitative estimate of drug-likeness (QED) is 0.0745. The third-order valence-corrected chi connectivity index (χ3v) is 6.30. The van der Waals surface area contributed by atoms with E-state index >= 15 is 0 Å². The number of nitrogens with two attached hydrogens (primary N) is 10. The van der Waals surface area contributed by atoms with Gasteiger partial charge in [-0.15, -0.1) is 0 Å². The molecule has 0 rings (SSSR count). The van der Waals surface area contributed by atoms with Crippen LogP contribution < -0.4 is 57.3 Å². The molecule has 5 atom stereocenters. The number of hydrogen-bond acceptors (Lipinski definition) is 20. The normalized spacial score (nSPS) is 10.7. The van der Waals surface area contributed by atoms with Gasteiger partial charge in [-0.05, 0) is 61.7 Å². The minimum atomic E-state index is -1.82. The van der Waals surface area contributed by atoms with Crippen LogP contribution in [-0.2, 0) is 153 Å². The first-order chi connectivity index (χ1) is 31.5. The van der Waals surface area contributed by atoms with E-state index in [1.807, 2.05) is 0 Å². The van der Waals surface area contributed by atoms with Gasteiger partial charge in [-0.3, -0.25) is 0 Å². The van der Waals surface area contributed by atoms with Crippen LogP contribution in [0.2, 0.25) is 0 Å². The molecule has 0 fully saturated rings. The molecule has 2 unspecified atom stereocenters. The predicted octanol–water partition coefficient (Wildman–Crippen LogP) is -2.64. The molecule has 0 aliphatic rings. The third-order valence-electron chi connectivity index (χ3n) is 6.30. The molecule has 30 nitrogen and oxygen atoms in total. The number of carbonyl (C=O) groups is 10. The van der Waals surface area contributed by atoms with Gasteiger partial charge in [0.1, 0.15) is 0 Å². The SMILES string of the molecule is CC(C)CC(N)CN.CC(C)CC(N)CN.CC(C)C[C@@H](N)CN.CC(C)C[C@@H](N)CN.CC(C)C[C@H](N)CN.O=C(O)C(=O)O.O=C(O)C(=O)O.O=C(O)C(=O)O.O=C(O)C(=O)O.O=C(O)C(=O)O.[Pt].[Pt].[Pt].[Pt].[Pt]. The van der Waals surface area contributed by atoms with Crippen molar-refractivity contribution in [1.82, 2.24) is 0 Å². The Labute approximate surface area is 511 Å². The van der Waals surface area contributed by atoms with Crippen molar-refractivity contribution >= 4 is 59.7 Å². The Morgan fingerprint density at radius 2 is 0.307 bits per heavy atom. The number of carboxylic acids is 10. The van der Waals surface area contributed by atoms with Crippen molar-refractivity contribution in [2.45, 2.75) is 132 Å². The Kier molecular flexibility index (Phi) is 117. The first-order valence-corrected chi connectivity index (χ1v) is 21.1. The van der Waals surface area contributed by atoms with Gasteiger partial charge in [-0.2, -0.15) is 0 Å². The summed E-state index contributed by atoms with van der Waals surface area (Å²) in [5.74, 6) is -14.9. The predicted molar refractivity (Wildman–Crippen MR) is 259 cm³/mol. The maximum atomic E-state index is 9.10. The average Bonchev–Trinajstić information content (AvgIpc) is 3.21. The Bertz CT molecular complexity index is 1110. The molecule has 0 saturated heterocycles. The van der Waals surface area contributed by atoms with Crippen molar-refractivity contribution in [3.05, 3.63) is 0 Å². The average molecular weight is 2010 g/mol. The second kappa shape index (κ2) is 78.2. The van der Waals surface area contributed by atoms with Gasteiger partial charge < -0.3 is 108 Å². The molecule has 470 valence electrons. The van der Waals surface area contributed by atoms with Crippen LogP contribution in [0.25, 0.3) is 0 Å². The number of hydrogen-bond donors (Lipinski definition) is 20. The minimum Gasteiger partial charge on any atom is -0.473 e. The van der Waals surface area contributed by atoms with Gasteiger partial charge >= 0.3 is 59.7 Å². The first kappa shape index (κ1) is 112. The summed E-state index contributed by atoms with van der Waals surface area (Å²) < 4.78 is 0. The number of rotatable bonds is 15. The Hall–Kier alpha value is -2.26. The molecule has 0 aromatic rings. The zero-order valence-electron chi connectivity index (χ0n) is 43.8. The van der Waals surface area contributed by atoms with Crippen LogP contribution in [0, 0.1) is 29.6 Å². The summed E-state index contributed by atoms with van der Waals surface area (Å²) in [4.78, 5) is 91.0. The Morgan fingerprint density at radius 3 is 0.320 bits per heavy atom. The van der Waals surface area contributed by atoms with E-state index in [1.54, 1.807) is 0 Å². The van der Waals surface area contributed by atoms with Gasteiger partial charge in [0.15, 0.2) is 0 Å². The maximum Gasteiger partial charge on any atom is 0.414 e. The maximum absolute atomic E-state index is 9.10. The van der Waals surface area contributed by atoms with Crippen molar-refractivity contribution < 1.29 is 204 Å². The van der Waals surface area contributed by atoms with Gasteiger partial charge in [-0.1, -0.05) is 69.2 Å². The second-order valence-electron chi connectivity index (χ2n) is 16.2. The molecule has 75 heavy (non-hydrogen) atoms. The molecule has 30 N–H and O–H groups in total. The van der Waals surface area contributed by atoms with Gasteiger partial charge in [-0.25, -0.2) is 47.9 Å². The number of aliphatic carboxylic acids is 10. The van der Waals surface area contributed by atoms with Crippen molar-refractivity contribution in [1.29, 1.82) is 0 Å². The van der Waals surface area contributed by atoms with Crippen LogP contribution in [0.3, 0.4) is 0 Å². The Balaban J connectivity index is -0.0000000408. The van der Waals surface area contributed by atoms with Crippen molar-refractivity contribution in [2.24, 2.45) is 86.9 Å². The number of carboxylic acid groups (broad SMARTS) is 10. The molecule has 0 bridgehead atoms. The van der Waals surface area contributed by atoms with E-state index in [-0.39, 0.29) is 136 Å². The molecular weight excluding hydrogens is 1920 g/mol. The van der Waals surface area contributed by atoms with Gasteiger partial charge in [0.05, 0.1) is 0 Å². The summed E-state index contributed by atoms with van der Waals surface area (Å²) in [7, 11) is 0. The zero-order valence-corrected chi connectivity index (χ0v) is 55.1. The molecule has 35 heteroatoms. The van der Waals surface area contributed by atoms with Gasteiger partial charge in [0, 0.05) is 168 Å². The summed E-state index contributed by atoms with van der Waals surface area (Å²) in [5.41, 5.74) is 54.2. The fourth-order valence-electron chi connectivity index (χ4n) is 3.51. The molecule has 0 aromatic carbocycles. The summed E-state index contributed by atoms with van der Waals surface area (Å²) >= 11 is 0. The summed E-state index contributed by atoms with van der Waals surface area (Å²) in [6.45, 7) is 24.5. The minimum absolute atomic E-state index is 0. The van der Waals surface area contributed by atoms with E-state index in [0.29, 0.717) is 62.3 Å². The fraction of sp³-hybridized carbons (Fsp3) is 0.750. The van der Waals surface area contributed by atoms with E-state index in [9.17, 15) is 0 Å². The van der Waals surface area contributed by atoms with Crippen molar-refractivity contribution in [3.8, 4) is 0 Å². The molecular formula is C40H90N10O20Pt5. The van der Waals surface area contributed by atoms with Crippen LogP contribution >= 0.6 is 0 Å². The standard InChI is InChI=1S/5C6H16N2.5C2H2O4.5Pt/c5*1-5(2)3-6(8)4-7;5*3-1(4)2(5)6;;;;;/h5*5-6H,3-4,7-8H2,1-2H3;5*(H,3,4)(H,5,6);;;;;/t3*6-;;;;;;;;;;;;/m110............/s1. The summed E-state index contributed by atoms with van der Waals surface area (Å²) in [6.07, 6.45) is 5.19. The van der Waals surface area contributed by atoms with E-state index in [2.05, 4.69) is 69.2 Å². The topological polar surface area (TPSA) is 633 Å². The zero-order chi connectivity index (χ0) is 58.6. The van der Waals surface area contributed by atoms with Gasteiger partial charge in [0.2, 0.25) is 0 Å². The molecule has 0 amide bonds. The first-order valence-electron chi connectivity index (χ1n) is 21.1. The summed E-state index contributed by atoms with van der Waals surface area (Å²) in [5, 5.41) is 73.9. The van der Waals surface area contributed by atoms with Crippen molar-refractivity contribution in [3.63, 3.8) is 0 Å². The second-order valence-corrected chi connectivity index (χ2v) is 16.2. The largest absolute Gasteiger partial charge is 0.473 e. The van der Waals surface area contributed by atoms with Crippen LogP contribution in [0.1, 0.15) is 101 Å². The monoisotopic (exact) mass is 2010 g/mol. The molecule has 0 saturated carbocycles. The van der Waals surface area contributed by atoms with Crippen LogP contribution in [0.4, 0.5) is 0 Å². The summed E-state index contributed by atoms with van der Waals surface area (Å²) in [6, 6.07) is 1.02. The molecule has 0 aliphatic heterocycles. The van der Waals surface area contributed by atoms with Crippen LogP contribution in [-0.4, -0.2) is 174 Å². The van der Waals surface area contributed by atoms with E-state index < -0.39 is 59.7 Å². The van der Waals surface area contributed by atoms with Crippen molar-refractivity contribution in [2.75, 3.05) is 32.7 Å². The molecule has 0 radical (unpaired) electrons. The fourth-order valence-corrected chi connectivity index (χ4v) is 3.51. The Morgan fingerprint density at radius 1 is 0.240 bits per heavy atom. The molecule has 0 spiro atoms. The third kappa shape index (κ3) is 153. The van der Waals surface area contributed by atoms with Crippen LogP contribution in [0.5, 0.6) is 0 Å². The van der Waals surface area contributed by atoms with E-state index in [1.165, 1.54) is 0 Å². The molecule has 0 aliphatic carbocycles. The van der Waals surface area contributed by atoms with Gasteiger partial charge in [0.25, 0.3) is 0 Å². The molecule has 0 aromatic heterocycles. The van der Waals surface area contributed by atoms with Crippen LogP contribution in [0.15, 0.2) is 0 Å². The van der Waals surface area contributed by atoms with E-state index in [4.69, 9.17) is 156 Å².